The summed E-state index contributed by atoms with van der Waals surface area (Å²) < 4.78 is 5.55. The van der Waals surface area contributed by atoms with Crippen LogP contribution in [0.2, 0.25) is 0 Å². The number of rotatable bonds is 4. The minimum absolute atomic E-state index is 0.0719. The van der Waals surface area contributed by atoms with Gasteiger partial charge in [0.15, 0.2) is 0 Å². The van der Waals surface area contributed by atoms with E-state index in [0.29, 0.717) is 16.2 Å². The zero-order chi connectivity index (χ0) is 14.6. The highest BCUT2D eigenvalue weighted by Crippen LogP contribution is 2.31. The molecule has 104 valence electrons. The van der Waals surface area contributed by atoms with E-state index in [4.69, 9.17) is 21.4 Å². The number of alkyl halides is 1. The number of para-hydroxylation sites is 1. The Balaban J connectivity index is 3.02. The Morgan fingerprint density at radius 1 is 1.32 bits per heavy atom. The Labute approximate surface area is 116 Å². The van der Waals surface area contributed by atoms with Crippen LogP contribution in [0.1, 0.15) is 24.8 Å². The van der Waals surface area contributed by atoms with E-state index in [1.165, 1.54) is 0 Å². The first-order chi connectivity index (χ1) is 8.84. The van der Waals surface area contributed by atoms with E-state index in [0.717, 1.165) is 7.05 Å². The van der Waals surface area contributed by atoms with E-state index in [9.17, 15) is 9.59 Å². The molecule has 19 heavy (non-hydrogen) atoms. The van der Waals surface area contributed by atoms with Gasteiger partial charge in [-0.05, 0) is 19.9 Å². The molecule has 0 spiro atoms. The van der Waals surface area contributed by atoms with Gasteiger partial charge in [-0.2, -0.15) is 0 Å². The van der Waals surface area contributed by atoms with Crippen LogP contribution in [0.3, 0.4) is 0 Å². The zero-order valence-corrected chi connectivity index (χ0v) is 11.7. The fourth-order valence-corrected chi connectivity index (χ4v) is 1.78. The van der Waals surface area contributed by atoms with Gasteiger partial charge < -0.3 is 9.84 Å². The Kier molecular flexibility index (Phi) is 5.18. The first-order valence-corrected chi connectivity index (χ1v) is 6.18. The Bertz CT molecular complexity index is 475. The standard InChI is InChI=1S/C13H16ClNO4/c1-8(2)19-10-7-5-4-6-9(10)11(14)12(16)15(3)13(17)18/h4-8,11H,1-3H3,(H,17,18). The molecule has 1 atom stereocenters. The topological polar surface area (TPSA) is 66.8 Å². The van der Waals surface area contributed by atoms with E-state index in [2.05, 4.69) is 0 Å². The molecule has 0 fully saturated rings. The number of nitrogens with zero attached hydrogens (tertiary/aromatic N) is 1. The molecule has 0 saturated heterocycles. The second-order valence-corrected chi connectivity index (χ2v) is 4.68. The van der Waals surface area contributed by atoms with Crippen LogP contribution in [-0.4, -0.2) is 35.2 Å². The number of ether oxygens (including phenoxy) is 1. The molecule has 2 amide bonds. The molecule has 0 radical (unpaired) electrons. The van der Waals surface area contributed by atoms with Crippen molar-refractivity contribution in [2.45, 2.75) is 25.3 Å². The van der Waals surface area contributed by atoms with Gasteiger partial charge in [0.25, 0.3) is 5.91 Å². The number of hydrogen-bond acceptors (Lipinski definition) is 3. The van der Waals surface area contributed by atoms with Gasteiger partial charge in [0.1, 0.15) is 11.1 Å². The maximum atomic E-state index is 11.9. The molecule has 0 aliphatic carbocycles. The molecule has 1 unspecified atom stereocenters. The minimum Gasteiger partial charge on any atom is -0.491 e. The number of carbonyl (C=O) groups is 2. The highest BCUT2D eigenvalue weighted by atomic mass is 35.5. The van der Waals surface area contributed by atoms with Gasteiger partial charge in [-0.3, -0.25) is 4.79 Å². The summed E-state index contributed by atoms with van der Waals surface area (Å²) in [6.07, 6.45) is -1.42. The second-order valence-electron chi connectivity index (χ2n) is 4.25. The summed E-state index contributed by atoms with van der Waals surface area (Å²) in [6.45, 7) is 3.70. The summed E-state index contributed by atoms with van der Waals surface area (Å²) >= 11 is 6.05. The molecular weight excluding hydrogens is 270 g/mol. The van der Waals surface area contributed by atoms with E-state index >= 15 is 0 Å². The van der Waals surface area contributed by atoms with Crippen LogP contribution in [0.4, 0.5) is 4.79 Å². The number of carbonyl (C=O) groups excluding carboxylic acids is 1. The van der Waals surface area contributed by atoms with Crippen LogP contribution < -0.4 is 4.74 Å². The lowest BCUT2D eigenvalue weighted by atomic mass is 10.1. The van der Waals surface area contributed by atoms with E-state index < -0.39 is 17.4 Å². The maximum Gasteiger partial charge on any atom is 0.413 e. The lowest BCUT2D eigenvalue weighted by molar-refractivity contribution is -0.127. The number of imide groups is 1. The smallest absolute Gasteiger partial charge is 0.413 e. The van der Waals surface area contributed by atoms with Gasteiger partial charge in [0, 0.05) is 12.6 Å². The Hall–Kier alpha value is -1.75. The predicted octanol–water partition coefficient (Wildman–Crippen LogP) is 2.89. The van der Waals surface area contributed by atoms with Crippen molar-refractivity contribution in [2.75, 3.05) is 7.05 Å². The van der Waals surface area contributed by atoms with Crippen LogP contribution in [0.5, 0.6) is 5.75 Å². The van der Waals surface area contributed by atoms with Gasteiger partial charge in [0.05, 0.1) is 6.10 Å². The van der Waals surface area contributed by atoms with Crippen molar-refractivity contribution in [3.8, 4) is 5.75 Å². The average molecular weight is 286 g/mol. The van der Waals surface area contributed by atoms with Crippen molar-refractivity contribution in [3.63, 3.8) is 0 Å². The number of amides is 2. The third-order valence-corrected chi connectivity index (χ3v) is 2.81. The fraction of sp³-hybridized carbons (Fsp3) is 0.385. The molecule has 0 saturated carbocycles. The van der Waals surface area contributed by atoms with Crippen LogP contribution >= 0.6 is 11.6 Å². The van der Waals surface area contributed by atoms with Gasteiger partial charge in [-0.15, -0.1) is 11.6 Å². The molecule has 1 N–H and O–H groups in total. The van der Waals surface area contributed by atoms with Gasteiger partial charge >= 0.3 is 6.09 Å². The number of benzene rings is 1. The molecule has 6 heteroatoms. The van der Waals surface area contributed by atoms with Crippen molar-refractivity contribution in [1.29, 1.82) is 0 Å². The molecule has 0 aliphatic heterocycles. The summed E-state index contributed by atoms with van der Waals surface area (Å²) in [5.74, 6) is -0.237. The van der Waals surface area contributed by atoms with Crippen molar-refractivity contribution < 1.29 is 19.4 Å². The van der Waals surface area contributed by atoms with E-state index in [-0.39, 0.29) is 6.10 Å². The lowest BCUT2D eigenvalue weighted by Crippen LogP contribution is -2.34. The van der Waals surface area contributed by atoms with Crippen molar-refractivity contribution in [3.05, 3.63) is 29.8 Å². The molecule has 1 aromatic carbocycles. The highest BCUT2D eigenvalue weighted by molar-refractivity contribution is 6.31. The lowest BCUT2D eigenvalue weighted by Gasteiger charge is -2.19. The van der Waals surface area contributed by atoms with Gasteiger partial charge in [0.2, 0.25) is 0 Å². The van der Waals surface area contributed by atoms with Crippen LogP contribution in [0.15, 0.2) is 24.3 Å². The predicted molar refractivity (Wildman–Crippen MR) is 71.6 cm³/mol. The van der Waals surface area contributed by atoms with Crippen LogP contribution in [0.25, 0.3) is 0 Å². The van der Waals surface area contributed by atoms with Crippen molar-refractivity contribution in [2.24, 2.45) is 0 Å². The normalized spacial score (nSPS) is 12.1. The minimum atomic E-state index is -1.35. The highest BCUT2D eigenvalue weighted by Gasteiger charge is 2.27. The van der Waals surface area contributed by atoms with Crippen molar-refractivity contribution in [1.82, 2.24) is 4.90 Å². The molecule has 0 heterocycles. The summed E-state index contributed by atoms with van der Waals surface area (Å²) in [5.41, 5.74) is 0.455. The van der Waals surface area contributed by atoms with Crippen LogP contribution in [0, 0.1) is 0 Å². The monoisotopic (exact) mass is 285 g/mol. The quantitative estimate of drug-likeness (QED) is 0.864. The molecule has 1 aromatic rings. The largest absolute Gasteiger partial charge is 0.491 e. The summed E-state index contributed by atoms with van der Waals surface area (Å²) in [5, 5.41) is 7.68. The SMILES string of the molecule is CC(C)Oc1ccccc1C(Cl)C(=O)N(C)C(=O)O. The number of likely N-dealkylation sites (N-methyl/N-ethyl adjacent to an activating group) is 1. The molecule has 0 aromatic heterocycles. The molecule has 0 bridgehead atoms. The van der Waals surface area contributed by atoms with Gasteiger partial charge in [-0.1, -0.05) is 18.2 Å². The Morgan fingerprint density at radius 3 is 2.42 bits per heavy atom. The number of halogens is 1. The number of carboxylic acid groups (broad SMARTS) is 1. The van der Waals surface area contributed by atoms with E-state index in [1.54, 1.807) is 24.3 Å². The summed E-state index contributed by atoms with van der Waals surface area (Å²) in [4.78, 5) is 23.2. The maximum absolute atomic E-state index is 11.9. The Morgan fingerprint density at radius 2 is 1.89 bits per heavy atom. The molecular formula is C13H16ClNO4. The average Bonchev–Trinajstić information content (AvgIpc) is 2.36. The third kappa shape index (κ3) is 3.86. The zero-order valence-electron chi connectivity index (χ0n) is 11.0. The first-order valence-electron chi connectivity index (χ1n) is 5.74. The molecule has 1 rings (SSSR count). The first kappa shape index (κ1) is 15.3. The van der Waals surface area contributed by atoms with Crippen LogP contribution in [-0.2, 0) is 4.79 Å². The molecule has 0 aliphatic rings. The summed E-state index contributed by atoms with van der Waals surface area (Å²) in [6, 6.07) is 6.81. The second kappa shape index (κ2) is 6.43. The van der Waals surface area contributed by atoms with Crippen molar-refractivity contribution >= 4 is 23.6 Å². The number of hydrogen-bond donors (Lipinski definition) is 1. The molecule has 5 nitrogen and oxygen atoms in total. The van der Waals surface area contributed by atoms with E-state index in [1.807, 2.05) is 13.8 Å². The third-order valence-electron chi connectivity index (χ3n) is 2.39. The van der Waals surface area contributed by atoms with Gasteiger partial charge in [-0.25, -0.2) is 9.69 Å². The summed E-state index contributed by atoms with van der Waals surface area (Å²) in [7, 11) is 1.16. The fourth-order valence-electron chi connectivity index (χ4n) is 1.45.